The third kappa shape index (κ3) is 4.44. The van der Waals surface area contributed by atoms with E-state index in [2.05, 4.69) is 36.3 Å². The van der Waals surface area contributed by atoms with Crippen LogP contribution in [-0.2, 0) is 0 Å². The summed E-state index contributed by atoms with van der Waals surface area (Å²) in [4.78, 5) is 5.17. The van der Waals surface area contributed by atoms with E-state index in [-0.39, 0.29) is 0 Å². The van der Waals surface area contributed by atoms with Crippen molar-refractivity contribution in [3.05, 3.63) is 0 Å². The summed E-state index contributed by atoms with van der Waals surface area (Å²) in [5.74, 6) is 0. The molecule has 3 nitrogen and oxygen atoms in total. The molecule has 0 aromatic carbocycles. The predicted molar refractivity (Wildman–Crippen MR) is 87.2 cm³/mol. The van der Waals surface area contributed by atoms with Crippen molar-refractivity contribution < 1.29 is 0 Å². The molecule has 1 heterocycles. The summed E-state index contributed by atoms with van der Waals surface area (Å²) in [7, 11) is 6.56. The summed E-state index contributed by atoms with van der Waals surface area (Å²) < 4.78 is 0. The Labute approximate surface area is 126 Å². The lowest BCUT2D eigenvalue weighted by Gasteiger charge is -2.39. The second kappa shape index (κ2) is 7.77. The van der Waals surface area contributed by atoms with Gasteiger partial charge in [0.15, 0.2) is 0 Å². The Morgan fingerprint density at radius 1 is 1.10 bits per heavy atom. The molecule has 1 aliphatic heterocycles. The Morgan fingerprint density at radius 3 is 2.40 bits per heavy atom. The molecule has 0 aromatic rings. The Bertz CT molecular complexity index is 269. The zero-order valence-corrected chi connectivity index (χ0v) is 14.0. The molecular weight excluding hydrogens is 246 g/mol. The van der Waals surface area contributed by atoms with Gasteiger partial charge in [0.25, 0.3) is 0 Å². The van der Waals surface area contributed by atoms with Crippen molar-refractivity contribution in [2.45, 2.75) is 57.4 Å². The molecule has 0 radical (unpaired) electrons. The summed E-state index contributed by atoms with van der Waals surface area (Å²) in [6.45, 7) is 5.09. The monoisotopic (exact) mass is 281 g/mol. The minimum atomic E-state index is 0.542. The number of hydrogen-bond donors (Lipinski definition) is 1. The molecule has 1 saturated carbocycles. The van der Waals surface area contributed by atoms with E-state index in [9.17, 15) is 0 Å². The third-order valence-electron chi connectivity index (χ3n) is 5.33. The maximum Gasteiger partial charge on any atom is 0.0223 e. The lowest BCUT2D eigenvalue weighted by molar-refractivity contribution is 0.108. The van der Waals surface area contributed by atoms with Gasteiger partial charge >= 0.3 is 0 Å². The van der Waals surface area contributed by atoms with Gasteiger partial charge in [-0.15, -0.1) is 0 Å². The highest BCUT2D eigenvalue weighted by Crippen LogP contribution is 2.37. The Balaban J connectivity index is 1.98. The van der Waals surface area contributed by atoms with Crippen LogP contribution < -0.4 is 5.32 Å². The van der Waals surface area contributed by atoms with Crippen LogP contribution in [-0.4, -0.2) is 63.2 Å². The highest BCUT2D eigenvalue weighted by atomic mass is 15.2. The van der Waals surface area contributed by atoms with E-state index in [1.54, 1.807) is 0 Å². The average Bonchev–Trinajstić information content (AvgIpc) is 2.68. The summed E-state index contributed by atoms with van der Waals surface area (Å²) in [6.07, 6.45) is 11.4. The van der Waals surface area contributed by atoms with Crippen molar-refractivity contribution in [2.24, 2.45) is 5.41 Å². The highest BCUT2D eigenvalue weighted by Gasteiger charge is 2.36. The first-order chi connectivity index (χ1) is 9.65. The number of likely N-dealkylation sites (tertiary alicyclic amines) is 1. The van der Waals surface area contributed by atoms with Gasteiger partial charge in [0.2, 0.25) is 0 Å². The molecule has 2 aliphatic rings. The van der Waals surface area contributed by atoms with E-state index in [0.29, 0.717) is 5.41 Å². The average molecular weight is 281 g/mol. The SMILES string of the molecule is CNCC1(CN2CCCC2CN(C)C)CCCCCC1. The molecule has 1 N–H and O–H groups in total. The number of hydrogen-bond acceptors (Lipinski definition) is 3. The van der Waals surface area contributed by atoms with Crippen molar-refractivity contribution >= 4 is 0 Å². The molecule has 1 saturated heterocycles. The van der Waals surface area contributed by atoms with Gasteiger partial charge in [-0.2, -0.15) is 0 Å². The van der Waals surface area contributed by atoms with Crippen LogP contribution in [0.3, 0.4) is 0 Å². The quantitative estimate of drug-likeness (QED) is 0.755. The molecule has 2 fully saturated rings. The Kier molecular flexibility index (Phi) is 6.31. The predicted octanol–water partition coefficient (Wildman–Crippen LogP) is 2.57. The van der Waals surface area contributed by atoms with E-state index in [1.165, 1.54) is 77.5 Å². The van der Waals surface area contributed by atoms with Gasteiger partial charge in [0, 0.05) is 25.7 Å². The summed E-state index contributed by atoms with van der Waals surface area (Å²) >= 11 is 0. The number of rotatable bonds is 6. The smallest absolute Gasteiger partial charge is 0.0223 e. The molecule has 0 aromatic heterocycles. The maximum absolute atomic E-state index is 3.50. The Morgan fingerprint density at radius 2 is 1.80 bits per heavy atom. The zero-order valence-electron chi connectivity index (χ0n) is 14.0. The van der Waals surface area contributed by atoms with Crippen molar-refractivity contribution in [1.29, 1.82) is 0 Å². The van der Waals surface area contributed by atoms with Crippen molar-refractivity contribution in [3.8, 4) is 0 Å². The van der Waals surface area contributed by atoms with Crippen LogP contribution >= 0.6 is 0 Å². The number of nitrogens with one attached hydrogen (secondary N) is 1. The van der Waals surface area contributed by atoms with Crippen molar-refractivity contribution in [2.75, 3.05) is 47.3 Å². The zero-order chi connectivity index (χ0) is 14.4. The molecule has 1 aliphatic carbocycles. The Hall–Kier alpha value is -0.120. The van der Waals surface area contributed by atoms with Crippen LogP contribution in [0.15, 0.2) is 0 Å². The van der Waals surface area contributed by atoms with E-state index < -0.39 is 0 Å². The molecule has 2 rings (SSSR count). The standard InChI is InChI=1S/C17H35N3/c1-18-14-17(10-6-4-5-7-11-17)15-20-12-8-9-16(20)13-19(2)3/h16,18H,4-15H2,1-3H3. The first-order valence-corrected chi connectivity index (χ1v) is 8.69. The molecule has 1 atom stereocenters. The molecule has 0 spiro atoms. The third-order valence-corrected chi connectivity index (χ3v) is 5.33. The lowest BCUT2D eigenvalue weighted by atomic mass is 9.79. The normalized spacial score (nSPS) is 27.9. The van der Waals surface area contributed by atoms with Crippen molar-refractivity contribution in [3.63, 3.8) is 0 Å². The number of likely N-dealkylation sites (N-methyl/N-ethyl adjacent to an activating group) is 1. The van der Waals surface area contributed by atoms with Crippen LogP contribution in [0.1, 0.15) is 51.4 Å². The molecular formula is C17H35N3. The first-order valence-electron chi connectivity index (χ1n) is 8.69. The maximum atomic E-state index is 3.50. The molecule has 20 heavy (non-hydrogen) atoms. The van der Waals surface area contributed by atoms with E-state index >= 15 is 0 Å². The summed E-state index contributed by atoms with van der Waals surface area (Å²) in [5.41, 5.74) is 0.542. The molecule has 1 unspecified atom stereocenters. The van der Waals surface area contributed by atoms with E-state index in [4.69, 9.17) is 0 Å². The number of nitrogens with zero attached hydrogens (tertiary/aromatic N) is 2. The van der Waals surface area contributed by atoms with Gasteiger partial charge in [-0.25, -0.2) is 0 Å². The fourth-order valence-electron chi connectivity index (χ4n) is 4.41. The molecule has 0 bridgehead atoms. The van der Waals surface area contributed by atoms with Crippen LogP contribution in [0.4, 0.5) is 0 Å². The van der Waals surface area contributed by atoms with Gasteiger partial charge in [0.1, 0.15) is 0 Å². The summed E-state index contributed by atoms with van der Waals surface area (Å²) in [6, 6.07) is 0.794. The largest absolute Gasteiger partial charge is 0.319 e. The van der Waals surface area contributed by atoms with Gasteiger partial charge in [-0.1, -0.05) is 25.7 Å². The molecule has 0 amide bonds. The van der Waals surface area contributed by atoms with E-state index in [0.717, 1.165) is 6.04 Å². The lowest BCUT2D eigenvalue weighted by Crippen LogP contribution is -2.47. The second-order valence-corrected chi connectivity index (χ2v) is 7.47. The van der Waals surface area contributed by atoms with E-state index in [1.807, 2.05) is 0 Å². The van der Waals surface area contributed by atoms with Crippen molar-refractivity contribution in [1.82, 2.24) is 15.1 Å². The fraction of sp³-hybridized carbons (Fsp3) is 1.00. The van der Waals surface area contributed by atoms with Crippen LogP contribution in [0.5, 0.6) is 0 Å². The van der Waals surface area contributed by atoms with Crippen LogP contribution in [0, 0.1) is 5.41 Å². The molecule has 118 valence electrons. The van der Waals surface area contributed by atoms with Gasteiger partial charge < -0.3 is 10.2 Å². The minimum absolute atomic E-state index is 0.542. The van der Waals surface area contributed by atoms with Crippen LogP contribution in [0.25, 0.3) is 0 Å². The van der Waals surface area contributed by atoms with Gasteiger partial charge in [0.05, 0.1) is 0 Å². The first kappa shape index (κ1) is 16.3. The molecule has 3 heteroatoms. The minimum Gasteiger partial charge on any atom is -0.319 e. The fourth-order valence-corrected chi connectivity index (χ4v) is 4.41. The topological polar surface area (TPSA) is 18.5 Å². The summed E-state index contributed by atoms with van der Waals surface area (Å²) in [5, 5.41) is 3.50. The highest BCUT2D eigenvalue weighted by molar-refractivity contribution is 4.91. The van der Waals surface area contributed by atoms with Crippen LogP contribution in [0.2, 0.25) is 0 Å². The second-order valence-electron chi connectivity index (χ2n) is 7.47. The van der Waals surface area contributed by atoms with Gasteiger partial charge in [-0.05, 0) is 58.8 Å². The van der Waals surface area contributed by atoms with Gasteiger partial charge in [-0.3, -0.25) is 4.90 Å².